The van der Waals surface area contributed by atoms with E-state index in [2.05, 4.69) is 5.32 Å². The van der Waals surface area contributed by atoms with Gasteiger partial charge in [-0.25, -0.2) is 0 Å². The summed E-state index contributed by atoms with van der Waals surface area (Å²) in [5, 5.41) is 22.8. The number of hydrogen-bond acceptors (Lipinski definition) is 5. The smallest absolute Gasteiger partial charge is 0.289 e. The second kappa shape index (κ2) is 5.02. The van der Waals surface area contributed by atoms with Gasteiger partial charge in [-0.2, -0.15) is 5.26 Å². The third kappa shape index (κ3) is 2.41. The lowest BCUT2D eigenvalue weighted by molar-refractivity contribution is -0.385. The largest absolute Gasteiger partial charge is 0.382 e. The van der Waals surface area contributed by atoms with Crippen molar-refractivity contribution in [3.8, 4) is 6.07 Å². The molecule has 0 heterocycles. The third-order valence-electron chi connectivity index (χ3n) is 3.11. The van der Waals surface area contributed by atoms with Crippen molar-refractivity contribution in [2.24, 2.45) is 0 Å². The minimum absolute atomic E-state index is 0.0777. The summed E-state index contributed by atoms with van der Waals surface area (Å²) in [4.78, 5) is 10.3. The molecule has 0 spiro atoms. The minimum atomic E-state index is -0.539. The Morgan fingerprint density at radius 2 is 2.28 bits per heavy atom. The maximum absolute atomic E-state index is 10.8. The molecule has 6 heteroatoms. The molecule has 1 N–H and O–H groups in total. The predicted octanol–water partition coefficient (Wildman–Crippen LogP) is 2.06. The highest BCUT2D eigenvalue weighted by Gasteiger charge is 2.29. The van der Waals surface area contributed by atoms with Gasteiger partial charge in [0.1, 0.15) is 11.6 Å². The number of nitrogens with one attached hydrogen (secondary N) is 1. The first kappa shape index (κ1) is 12.3. The second-order valence-electron chi connectivity index (χ2n) is 4.27. The fourth-order valence-corrected chi connectivity index (χ4v) is 1.98. The number of methoxy groups -OCH3 is 1. The highest BCUT2D eigenvalue weighted by molar-refractivity contribution is 5.59. The fraction of sp³-hybridized carbons (Fsp3) is 0.417. The molecule has 0 amide bonds. The van der Waals surface area contributed by atoms with E-state index in [1.807, 2.05) is 6.07 Å². The predicted molar refractivity (Wildman–Crippen MR) is 65.3 cm³/mol. The van der Waals surface area contributed by atoms with Crippen LogP contribution in [0, 0.1) is 21.4 Å². The van der Waals surface area contributed by atoms with E-state index in [9.17, 15) is 10.1 Å². The van der Waals surface area contributed by atoms with Crippen LogP contribution in [0.15, 0.2) is 18.2 Å². The van der Waals surface area contributed by atoms with E-state index in [4.69, 9.17) is 10.00 Å². The molecule has 1 aromatic carbocycles. The van der Waals surface area contributed by atoms with Crippen LogP contribution in [-0.4, -0.2) is 24.2 Å². The van der Waals surface area contributed by atoms with Gasteiger partial charge in [0, 0.05) is 24.9 Å². The lowest BCUT2D eigenvalue weighted by atomic mass is 9.89. The molecule has 6 nitrogen and oxygen atoms in total. The number of nitrogens with zero attached hydrogens (tertiary/aromatic N) is 2. The van der Waals surface area contributed by atoms with Gasteiger partial charge < -0.3 is 10.1 Å². The number of hydrogen-bond donors (Lipinski definition) is 1. The summed E-state index contributed by atoms with van der Waals surface area (Å²) in [5.41, 5.74) is 0.583. The van der Waals surface area contributed by atoms with Crippen LogP contribution in [0.2, 0.25) is 0 Å². The summed E-state index contributed by atoms with van der Waals surface area (Å²) in [5.74, 6) is 0. The van der Waals surface area contributed by atoms with E-state index < -0.39 is 4.92 Å². The first-order valence-corrected chi connectivity index (χ1v) is 5.62. The number of anilines is 1. The molecule has 1 saturated carbocycles. The topological polar surface area (TPSA) is 88.2 Å². The van der Waals surface area contributed by atoms with Gasteiger partial charge in [0.15, 0.2) is 0 Å². The highest BCUT2D eigenvalue weighted by Crippen LogP contribution is 2.28. The van der Waals surface area contributed by atoms with Crippen molar-refractivity contribution in [3.63, 3.8) is 0 Å². The van der Waals surface area contributed by atoms with Crippen molar-refractivity contribution in [2.45, 2.75) is 25.0 Å². The van der Waals surface area contributed by atoms with Crippen LogP contribution in [-0.2, 0) is 4.74 Å². The summed E-state index contributed by atoms with van der Waals surface area (Å²) in [6, 6.07) is 6.65. The summed E-state index contributed by atoms with van der Waals surface area (Å²) in [7, 11) is 1.67. The molecule has 0 unspecified atom stereocenters. The molecule has 1 fully saturated rings. The van der Waals surface area contributed by atoms with E-state index in [1.54, 1.807) is 13.2 Å². The molecule has 1 aliphatic carbocycles. The maximum Gasteiger partial charge on any atom is 0.289 e. The Morgan fingerprint density at radius 1 is 1.56 bits per heavy atom. The van der Waals surface area contributed by atoms with Crippen LogP contribution >= 0.6 is 0 Å². The molecular weight excluding hydrogens is 234 g/mol. The lowest BCUT2D eigenvalue weighted by Gasteiger charge is -2.35. The van der Waals surface area contributed by atoms with Crippen LogP contribution in [0.25, 0.3) is 0 Å². The Hall–Kier alpha value is -2.13. The molecule has 18 heavy (non-hydrogen) atoms. The van der Waals surface area contributed by atoms with E-state index in [0.29, 0.717) is 5.69 Å². The fourth-order valence-electron chi connectivity index (χ4n) is 1.98. The van der Waals surface area contributed by atoms with Crippen molar-refractivity contribution in [1.29, 1.82) is 5.26 Å². The molecule has 0 aromatic heterocycles. The van der Waals surface area contributed by atoms with Gasteiger partial charge in [0.25, 0.3) is 5.69 Å². The minimum Gasteiger partial charge on any atom is -0.382 e. The van der Waals surface area contributed by atoms with Gasteiger partial charge in [-0.3, -0.25) is 10.1 Å². The van der Waals surface area contributed by atoms with Crippen LogP contribution < -0.4 is 5.32 Å². The SMILES string of the molecule is COC1CC(Nc2ccc(C#N)c([N+](=O)[O-])c2)C1. The van der Waals surface area contributed by atoms with Gasteiger partial charge in [-0.1, -0.05) is 0 Å². The van der Waals surface area contributed by atoms with Gasteiger partial charge in [0.05, 0.1) is 11.0 Å². The molecule has 0 atom stereocenters. The van der Waals surface area contributed by atoms with E-state index >= 15 is 0 Å². The van der Waals surface area contributed by atoms with Crippen molar-refractivity contribution < 1.29 is 9.66 Å². The zero-order valence-corrected chi connectivity index (χ0v) is 9.92. The average Bonchev–Trinajstić information content (AvgIpc) is 2.32. The Bertz CT molecular complexity index is 504. The van der Waals surface area contributed by atoms with Gasteiger partial charge in [-0.15, -0.1) is 0 Å². The van der Waals surface area contributed by atoms with Gasteiger partial charge in [0.2, 0.25) is 0 Å². The number of nitro benzene ring substituents is 1. The number of benzene rings is 1. The summed E-state index contributed by atoms with van der Waals surface area (Å²) in [6.07, 6.45) is 2.06. The Kier molecular flexibility index (Phi) is 3.44. The molecule has 94 valence electrons. The van der Waals surface area contributed by atoms with E-state index in [1.165, 1.54) is 12.1 Å². The van der Waals surface area contributed by atoms with Crippen LogP contribution in [0.5, 0.6) is 0 Å². The van der Waals surface area contributed by atoms with Gasteiger partial charge in [-0.05, 0) is 25.0 Å². The number of rotatable bonds is 4. The standard InChI is InChI=1S/C12H13N3O3/c1-18-11-4-10(5-11)14-9-3-2-8(7-13)12(6-9)15(16)17/h2-3,6,10-11,14H,4-5H2,1H3. The first-order valence-electron chi connectivity index (χ1n) is 5.62. The monoisotopic (exact) mass is 247 g/mol. The summed E-state index contributed by atoms with van der Waals surface area (Å²) >= 11 is 0. The van der Waals surface area contributed by atoms with Crippen LogP contribution in [0.1, 0.15) is 18.4 Å². The quantitative estimate of drug-likeness (QED) is 0.649. The zero-order valence-electron chi connectivity index (χ0n) is 9.92. The Morgan fingerprint density at radius 3 is 2.83 bits per heavy atom. The summed E-state index contributed by atoms with van der Waals surface area (Å²) < 4.78 is 5.16. The normalized spacial score (nSPS) is 21.8. The Balaban J connectivity index is 2.09. The molecule has 0 radical (unpaired) electrons. The van der Waals surface area contributed by atoms with E-state index in [-0.39, 0.29) is 23.4 Å². The molecule has 1 aromatic rings. The van der Waals surface area contributed by atoms with Crippen molar-refractivity contribution in [3.05, 3.63) is 33.9 Å². The van der Waals surface area contributed by atoms with Crippen LogP contribution in [0.3, 0.4) is 0 Å². The molecule has 0 bridgehead atoms. The molecule has 1 aliphatic rings. The van der Waals surface area contributed by atoms with E-state index in [0.717, 1.165) is 12.8 Å². The van der Waals surface area contributed by atoms with Crippen molar-refractivity contribution >= 4 is 11.4 Å². The lowest BCUT2D eigenvalue weighted by Crippen LogP contribution is -2.40. The van der Waals surface area contributed by atoms with Crippen molar-refractivity contribution in [2.75, 3.05) is 12.4 Å². The molecule has 0 saturated heterocycles. The third-order valence-corrected chi connectivity index (χ3v) is 3.11. The number of nitriles is 1. The summed E-state index contributed by atoms with van der Waals surface area (Å²) in [6.45, 7) is 0. The number of nitro groups is 1. The van der Waals surface area contributed by atoms with Gasteiger partial charge >= 0.3 is 0 Å². The first-order chi connectivity index (χ1) is 8.63. The number of ether oxygens (including phenoxy) is 1. The molecule has 0 aliphatic heterocycles. The molecular formula is C12H13N3O3. The zero-order chi connectivity index (χ0) is 13.1. The molecule has 2 rings (SSSR count). The maximum atomic E-state index is 10.8. The van der Waals surface area contributed by atoms with Crippen molar-refractivity contribution in [1.82, 2.24) is 0 Å². The second-order valence-corrected chi connectivity index (χ2v) is 4.27. The van der Waals surface area contributed by atoms with Crippen LogP contribution in [0.4, 0.5) is 11.4 Å². The highest BCUT2D eigenvalue weighted by atomic mass is 16.6. The Labute approximate surface area is 104 Å². The average molecular weight is 247 g/mol.